The average Bonchev–Trinajstić information content (AvgIpc) is 2.76. The van der Waals surface area contributed by atoms with Crippen molar-refractivity contribution in [2.75, 3.05) is 32.2 Å². The van der Waals surface area contributed by atoms with Gasteiger partial charge in [-0.3, -0.25) is 9.59 Å². The zero-order valence-corrected chi connectivity index (χ0v) is 17.6. The van der Waals surface area contributed by atoms with E-state index in [-0.39, 0.29) is 35.5 Å². The van der Waals surface area contributed by atoms with Crippen LogP contribution in [0.25, 0.3) is 0 Å². The molecule has 0 spiro atoms. The normalized spacial score (nSPS) is 10.4. The van der Waals surface area contributed by atoms with E-state index in [2.05, 4.69) is 10.6 Å². The summed E-state index contributed by atoms with van der Waals surface area (Å²) in [5, 5.41) is 5.22. The number of carbonyl (C=O) groups is 3. The molecule has 0 aliphatic heterocycles. The van der Waals surface area contributed by atoms with E-state index in [1.54, 1.807) is 0 Å². The Bertz CT molecular complexity index is 915. The fourth-order valence-electron chi connectivity index (χ4n) is 2.37. The molecule has 166 valence electrons. The van der Waals surface area contributed by atoms with E-state index in [4.69, 9.17) is 14.2 Å². The van der Waals surface area contributed by atoms with Gasteiger partial charge in [-0.2, -0.15) is 0 Å². The summed E-state index contributed by atoms with van der Waals surface area (Å²) in [6.07, 6.45) is 0. The van der Waals surface area contributed by atoms with Crippen molar-refractivity contribution in [3.05, 3.63) is 53.8 Å². The minimum atomic E-state index is -0.696. The van der Waals surface area contributed by atoms with Gasteiger partial charge in [0.15, 0.2) is 24.7 Å². The number of halogens is 1. The van der Waals surface area contributed by atoms with E-state index in [9.17, 15) is 18.8 Å². The Labute approximate surface area is 179 Å². The van der Waals surface area contributed by atoms with Crippen LogP contribution in [0.5, 0.6) is 11.5 Å². The van der Waals surface area contributed by atoms with Crippen LogP contribution in [0, 0.1) is 11.7 Å². The number of rotatable bonds is 10. The average molecular weight is 432 g/mol. The maximum Gasteiger partial charge on any atom is 0.338 e. The van der Waals surface area contributed by atoms with Gasteiger partial charge >= 0.3 is 5.97 Å². The van der Waals surface area contributed by atoms with Crippen molar-refractivity contribution in [2.45, 2.75) is 13.8 Å². The second kappa shape index (κ2) is 11.5. The molecular weight excluding hydrogens is 407 g/mol. The Kier molecular flexibility index (Phi) is 8.80. The van der Waals surface area contributed by atoms with Crippen LogP contribution < -0.4 is 20.1 Å². The standard InChI is InChI=1S/C22H25FN2O6/c1-14(2)11-24-20(26)12-31-22(28)15-4-9-18(19(10-15)29-3)30-13-21(27)25-17-7-5-16(23)6-8-17/h4-10,14H,11-13H2,1-3H3,(H,24,26)(H,25,27). The minimum Gasteiger partial charge on any atom is -0.493 e. The minimum absolute atomic E-state index is 0.164. The number of anilines is 1. The lowest BCUT2D eigenvalue weighted by molar-refractivity contribution is -0.124. The Balaban J connectivity index is 1.90. The molecule has 2 amide bonds. The first kappa shape index (κ1) is 23.7. The fraction of sp³-hybridized carbons (Fsp3) is 0.318. The maximum absolute atomic E-state index is 12.9. The Morgan fingerprint density at radius 2 is 1.68 bits per heavy atom. The highest BCUT2D eigenvalue weighted by molar-refractivity contribution is 5.93. The summed E-state index contributed by atoms with van der Waals surface area (Å²) in [7, 11) is 1.38. The highest BCUT2D eigenvalue weighted by Gasteiger charge is 2.15. The first-order valence-electron chi connectivity index (χ1n) is 9.58. The van der Waals surface area contributed by atoms with Gasteiger partial charge < -0.3 is 24.8 Å². The van der Waals surface area contributed by atoms with Gasteiger partial charge in [-0.25, -0.2) is 9.18 Å². The molecule has 0 aliphatic carbocycles. The van der Waals surface area contributed by atoms with Crippen molar-refractivity contribution >= 4 is 23.5 Å². The summed E-state index contributed by atoms with van der Waals surface area (Å²) in [5.41, 5.74) is 0.592. The summed E-state index contributed by atoms with van der Waals surface area (Å²) in [6, 6.07) is 9.59. The van der Waals surface area contributed by atoms with Crippen LogP contribution >= 0.6 is 0 Å². The van der Waals surface area contributed by atoms with Gasteiger partial charge in [0.1, 0.15) is 5.82 Å². The Morgan fingerprint density at radius 3 is 2.32 bits per heavy atom. The molecular formula is C22H25FN2O6. The monoisotopic (exact) mass is 432 g/mol. The Hall–Kier alpha value is -3.62. The smallest absolute Gasteiger partial charge is 0.338 e. The van der Waals surface area contributed by atoms with Crippen molar-refractivity contribution in [2.24, 2.45) is 5.92 Å². The molecule has 0 saturated carbocycles. The van der Waals surface area contributed by atoms with Crippen molar-refractivity contribution < 1.29 is 33.0 Å². The van der Waals surface area contributed by atoms with Crippen LogP contribution in [-0.2, 0) is 14.3 Å². The molecule has 9 heteroatoms. The second-order valence-electron chi connectivity index (χ2n) is 6.98. The lowest BCUT2D eigenvalue weighted by Crippen LogP contribution is -2.31. The molecule has 0 unspecified atom stereocenters. The molecule has 31 heavy (non-hydrogen) atoms. The molecule has 0 radical (unpaired) electrons. The third-order valence-electron chi connectivity index (χ3n) is 3.93. The number of amides is 2. The quantitative estimate of drug-likeness (QED) is 0.560. The van der Waals surface area contributed by atoms with E-state index < -0.39 is 24.3 Å². The molecule has 0 saturated heterocycles. The largest absolute Gasteiger partial charge is 0.493 e. The van der Waals surface area contributed by atoms with Gasteiger partial charge in [0.05, 0.1) is 12.7 Å². The molecule has 0 aliphatic rings. The van der Waals surface area contributed by atoms with Crippen LogP contribution in [0.4, 0.5) is 10.1 Å². The van der Waals surface area contributed by atoms with E-state index in [0.717, 1.165) is 0 Å². The lowest BCUT2D eigenvalue weighted by Gasteiger charge is -2.12. The van der Waals surface area contributed by atoms with E-state index in [1.165, 1.54) is 49.6 Å². The predicted octanol–water partition coefficient (Wildman–Crippen LogP) is 2.78. The molecule has 2 aromatic carbocycles. The number of benzene rings is 2. The number of carbonyl (C=O) groups excluding carboxylic acids is 3. The van der Waals surface area contributed by atoms with Gasteiger partial charge in [0, 0.05) is 12.2 Å². The summed E-state index contributed by atoms with van der Waals surface area (Å²) < 4.78 is 28.6. The van der Waals surface area contributed by atoms with Crippen LogP contribution in [-0.4, -0.2) is 44.7 Å². The van der Waals surface area contributed by atoms with E-state index >= 15 is 0 Å². The molecule has 8 nitrogen and oxygen atoms in total. The second-order valence-corrected chi connectivity index (χ2v) is 6.98. The molecule has 0 atom stereocenters. The molecule has 2 N–H and O–H groups in total. The zero-order valence-electron chi connectivity index (χ0n) is 17.6. The van der Waals surface area contributed by atoms with Crippen LogP contribution in [0.15, 0.2) is 42.5 Å². The summed E-state index contributed by atoms with van der Waals surface area (Å²) in [4.78, 5) is 35.8. The van der Waals surface area contributed by atoms with Gasteiger partial charge in [-0.1, -0.05) is 13.8 Å². The van der Waals surface area contributed by atoms with Crippen LogP contribution in [0.3, 0.4) is 0 Å². The van der Waals surface area contributed by atoms with Gasteiger partial charge in [-0.15, -0.1) is 0 Å². The SMILES string of the molecule is COc1cc(C(=O)OCC(=O)NCC(C)C)ccc1OCC(=O)Nc1ccc(F)cc1. The summed E-state index contributed by atoms with van der Waals surface area (Å²) in [5.74, 6) is -1.21. The number of hydrogen-bond acceptors (Lipinski definition) is 6. The molecule has 2 aromatic rings. The summed E-state index contributed by atoms with van der Waals surface area (Å²) >= 11 is 0. The lowest BCUT2D eigenvalue weighted by atomic mass is 10.2. The maximum atomic E-state index is 12.9. The van der Waals surface area contributed by atoms with E-state index in [0.29, 0.717) is 12.2 Å². The third-order valence-corrected chi connectivity index (χ3v) is 3.93. The first-order chi connectivity index (χ1) is 14.8. The van der Waals surface area contributed by atoms with Crippen LogP contribution in [0.2, 0.25) is 0 Å². The molecule has 0 bridgehead atoms. The zero-order chi connectivity index (χ0) is 22.8. The van der Waals surface area contributed by atoms with Crippen molar-refractivity contribution in [3.63, 3.8) is 0 Å². The van der Waals surface area contributed by atoms with Crippen molar-refractivity contribution in [3.8, 4) is 11.5 Å². The number of hydrogen-bond donors (Lipinski definition) is 2. The number of esters is 1. The third kappa shape index (κ3) is 7.96. The topological polar surface area (TPSA) is 103 Å². The highest BCUT2D eigenvalue weighted by atomic mass is 19.1. The highest BCUT2D eigenvalue weighted by Crippen LogP contribution is 2.28. The van der Waals surface area contributed by atoms with Gasteiger partial charge in [0.25, 0.3) is 11.8 Å². The van der Waals surface area contributed by atoms with Crippen LogP contribution in [0.1, 0.15) is 24.2 Å². The fourth-order valence-corrected chi connectivity index (χ4v) is 2.37. The van der Waals surface area contributed by atoms with Crippen molar-refractivity contribution in [1.82, 2.24) is 5.32 Å². The summed E-state index contributed by atoms with van der Waals surface area (Å²) in [6.45, 7) is 3.68. The van der Waals surface area contributed by atoms with Gasteiger partial charge in [0.2, 0.25) is 0 Å². The molecule has 0 heterocycles. The molecule has 0 aromatic heterocycles. The van der Waals surface area contributed by atoms with Crippen molar-refractivity contribution in [1.29, 1.82) is 0 Å². The Morgan fingerprint density at radius 1 is 0.968 bits per heavy atom. The number of ether oxygens (including phenoxy) is 3. The number of methoxy groups -OCH3 is 1. The van der Waals surface area contributed by atoms with E-state index in [1.807, 2.05) is 13.8 Å². The molecule has 0 fully saturated rings. The number of nitrogens with one attached hydrogen (secondary N) is 2. The predicted molar refractivity (Wildman–Crippen MR) is 112 cm³/mol. The van der Waals surface area contributed by atoms with Gasteiger partial charge in [-0.05, 0) is 48.4 Å². The first-order valence-corrected chi connectivity index (χ1v) is 9.58. The molecule has 2 rings (SSSR count).